The first-order chi connectivity index (χ1) is 13.7. The van der Waals surface area contributed by atoms with Crippen LogP contribution in [-0.2, 0) is 22.6 Å². The van der Waals surface area contributed by atoms with E-state index in [2.05, 4.69) is 34.4 Å². The average Bonchev–Trinajstić information content (AvgIpc) is 3.18. The van der Waals surface area contributed by atoms with Gasteiger partial charge in [0.1, 0.15) is 0 Å². The third-order valence-corrected chi connectivity index (χ3v) is 4.95. The largest absolute Gasteiger partial charge is 0.469 e. The van der Waals surface area contributed by atoms with Crippen LogP contribution in [0.2, 0.25) is 0 Å². The SMILES string of the molecule is CCNC(=NCc1cnn(Cc2ccccc2)c1)N1CCC(C(=O)OC)CC1. The minimum atomic E-state index is -0.104. The molecule has 1 N–H and O–H groups in total. The van der Waals surface area contributed by atoms with Gasteiger partial charge in [-0.1, -0.05) is 30.3 Å². The molecular formula is C21H29N5O2. The number of esters is 1. The van der Waals surface area contributed by atoms with E-state index in [0.29, 0.717) is 6.54 Å². The molecule has 7 heteroatoms. The number of nitrogens with one attached hydrogen (secondary N) is 1. The average molecular weight is 383 g/mol. The molecule has 1 saturated heterocycles. The van der Waals surface area contributed by atoms with Crippen molar-refractivity contribution in [2.45, 2.75) is 32.9 Å². The minimum absolute atomic E-state index is 0.000319. The Hall–Kier alpha value is -2.83. The van der Waals surface area contributed by atoms with E-state index in [4.69, 9.17) is 9.73 Å². The number of carbonyl (C=O) groups excluding carboxylic acids is 1. The highest BCUT2D eigenvalue weighted by atomic mass is 16.5. The summed E-state index contributed by atoms with van der Waals surface area (Å²) in [6.07, 6.45) is 5.52. The van der Waals surface area contributed by atoms with Crippen molar-refractivity contribution < 1.29 is 9.53 Å². The number of carbonyl (C=O) groups is 1. The van der Waals surface area contributed by atoms with Gasteiger partial charge in [0.05, 0.1) is 32.3 Å². The lowest BCUT2D eigenvalue weighted by Crippen LogP contribution is -2.46. The predicted molar refractivity (Wildman–Crippen MR) is 109 cm³/mol. The van der Waals surface area contributed by atoms with Crippen LogP contribution in [0.1, 0.15) is 30.9 Å². The number of piperidine rings is 1. The van der Waals surface area contributed by atoms with Gasteiger partial charge in [0.25, 0.3) is 0 Å². The van der Waals surface area contributed by atoms with Gasteiger partial charge in [0, 0.05) is 31.4 Å². The molecule has 150 valence electrons. The van der Waals surface area contributed by atoms with Crippen LogP contribution in [0.15, 0.2) is 47.7 Å². The molecule has 0 unspecified atom stereocenters. The summed E-state index contributed by atoms with van der Waals surface area (Å²) >= 11 is 0. The molecule has 1 fully saturated rings. The van der Waals surface area contributed by atoms with Crippen LogP contribution in [0.5, 0.6) is 0 Å². The van der Waals surface area contributed by atoms with E-state index in [-0.39, 0.29) is 11.9 Å². The standard InChI is InChI=1S/C21H29N5O2/c1-3-22-21(25-11-9-19(10-12-25)20(27)28-2)23-13-18-14-24-26(16-18)15-17-7-5-4-6-8-17/h4-8,14,16,19H,3,9-13,15H2,1-2H3,(H,22,23). The molecule has 1 aromatic heterocycles. The Morgan fingerprint density at radius 2 is 2.00 bits per heavy atom. The normalized spacial score (nSPS) is 15.5. The summed E-state index contributed by atoms with van der Waals surface area (Å²) in [5.74, 6) is 0.786. The van der Waals surface area contributed by atoms with Gasteiger partial charge >= 0.3 is 5.97 Å². The fourth-order valence-electron chi connectivity index (χ4n) is 3.43. The van der Waals surface area contributed by atoms with Crippen LogP contribution in [0, 0.1) is 5.92 Å². The predicted octanol–water partition coefficient (Wildman–Crippen LogP) is 2.28. The molecule has 1 aromatic carbocycles. The first-order valence-corrected chi connectivity index (χ1v) is 9.86. The van der Waals surface area contributed by atoms with Gasteiger partial charge in [-0.05, 0) is 25.3 Å². The number of nitrogens with zero attached hydrogens (tertiary/aromatic N) is 4. The number of methoxy groups -OCH3 is 1. The van der Waals surface area contributed by atoms with Crippen molar-refractivity contribution in [2.75, 3.05) is 26.7 Å². The molecule has 0 radical (unpaired) electrons. The molecule has 0 spiro atoms. The van der Waals surface area contributed by atoms with E-state index in [1.165, 1.54) is 12.7 Å². The van der Waals surface area contributed by atoms with Crippen LogP contribution >= 0.6 is 0 Å². The van der Waals surface area contributed by atoms with Crippen LogP contribution in [-0.4, -0.2) is 53.4 Å². The van der Waals surface area contributed by atoms with Crippen molar-refractivity contribution >= 4 is 11.9 Å². The quantitative estimate of drug-likeness (QED) is 0.471. The lowest BCUT2D eigenvalue weighted by molar-refractivity contribution is -0.146. The molecule has 0 aliphatic carbocycles. The van der Waals surface area contributed by atoms with E-state index in [1.807, 2.05) is 35.3 Å². The molecule has 1 aliphatic rings. The fraction of sp³-hybridized carbons (Fsp3) is 0.476. The van der Waals surface area contributed by atoms with Gasteiger partial charge in [-0.3, -0.25) is 9.48 Å². The second-order valence-electron chi connectivity index (χ2n) is 6.99. The summed E-state index contributed by atoms with van der Waals surface area (Å²) in [5.41, 5.74) is 2.30. The molecular weight excluding hydrogens is 354 g/mol. The van der Waals surface area contributed by atoms with Crippen molar-refractivity contribution in [1.29, 1.82) is 0 Å². The number of ether oxygens (including phenoxy) is 1. The van der Waals surface area contributed by atoms with E-state index in [1.54, 1.807) is 0 Å². The summed E-state index contributed by atoms with van der Waals surface area (Å²) in [5, 5.41) is 7.81. The van der Waals surface area contributed by atoms with E-state index >= 15 is 0 Å². The monoisotopic (exact) mass is 383 g/mol. The number of guanidine groups is 1. The van der Waals surface area contributed by atoms with E-state index < -0.39 is 0 Å². The highest BCUT2D eigenvalue weighted by molar-refractivity contribution is 5.80. The zero-order valence-electron chi connectivity index (χ0n) is 16.7. The molecule has 0 atom stereocenters. The maximum atomic E-state index is 11.7. The summed E-state index contributed by atoms with van der Waals surface area (Å²) in [7, 11) is 1.46. The van der Waals surface area contributed by atoms with E-state index in [9.17, 15) is 4.79 Å². The fourth-order valence-corrected chi connectivity index (χ4v) is 3.43. The summed E-state index contributed by atoms with van der Waals surface area (Å²) in [4.78, 5) is 18.7. The smallest absolute Gasteiger partial charge is 0.308 e. The lowest BCUT2D eigenvalue weighted by atomic mass is 9.97. The van der Waals surface area contributed by atoms with Crippen molar-refractivity contribution in [2.24, 2.45) is 10.9 Å². The van der Waals surface area contributed by atoms with Crippen molar-refractivity contribution in [3.8, 4) is 0 Å². The first kappa shape index (κ1) is 19.9. The molecule has 28 heavy (non-hydrogen) atoms. The van der Waals surface area contributed by atoms with Gasteiger partial charge in [-0.2, -0.15) is 5.10 Å². The molecule has 1 aliphatic heterocycles. The second kappa shape index (κ2) is 9.92. The van der Waals surface area contributed by atoms with Gasteiger partial charge in [-0.25, -0.2) is 4.99 Å². The molecule has 2 aromatic rings. The van der Waals surface area contributed by atoms with Crippen LogP contribution in [0.3, 0.4) is 0 Å². The summed E-state index contributed by atoms with van der Waals surface area (Å²) < 4.78 is 6.81. The summed E-state index contributed by atoms with van der Waals surface area (Å²) in [6.45, 7) is 5.81. The first-order valence-electron chi connectivity index (χ1n) is 9.86. The number of hydrogen-bond donors (Lipinski definition) is 1. The Kier molecular flexibility index (Phi) is 7.06. The molecule has 3 rings (SSSR count). The Labute approximate surface area is 166 Å². The number of aliphatic imine (C=N–C) groups is 1. The van der Waals surface area contributed by atoms with Gasteiger partial charge in [0.15, 0.2) is 5.96 Å². The van der Waals surface area contributed by atoms with Crippen molar-refractivity contribution in [3.05, 3.63) is 53.9 Å². The van der Waals surface area contributed by atoms with E-state index in [0.717, 1.165) is 50.5 Å². The Bertz CT molecular complexity index is 779. The Morgan fingerprint density at radius 3 is 2.68 bits per heavy atom. The topological polar surface area (TPSA) is 71.8 Å². The summed E-state index contributed by atoms with van der Waals surface area (Å²) in [6, 6.07) is 10.3. The molecule has 0 amide bonds. The van der Waals surface area contributed by atoms with Gasteiger partial charge in [0.2, 0.25) is 0 Å². The van der Waals surface area contributed by atoms with Crippen LogP contribution < -0.4 is 5.32 Å². The highest BCUT2D eigenvalue weighted by Gasteiger charge is 2.26. The maximum absolute atomic E-state index is 11.7. The zero-order chi connectivity index (χ0) is 19.8. The van der Waals surface area contributed by atoms with Crippen molar-refractivity contribution in [3.63, 3.8) is 0 Å². The number of rotatable bonds is 6. The van der Waals surface area contributed by atoms with Gasteiger partial charge in [-0.15, -0.1) is 0 Å². The molecule has 2 heterocycles. The zero-order valence-corrected chi connectivity index (χ0v) is 16.7. The molecule has 0 saturated carbocycles. The number of aromatic nitrogens is 2. The molecule has 7 nitrogen and oxygen atoms in total. The highest BCUT2D eigenvalue weighted by Crippen LogP contribution is 2.18. The second-order valence-corrected chi connectivity index (χ2v) is 6.99. The number of likely N-dealkylation sites (tertiary alicyclic amines) is 1. The number of benzene rings is 1. The Balaban J connectivity index is 1.58. The molecule has 0 bridgehead atoms. The lowest BCUT2D eigenvalue weighted by Gasteiger charge is -2.33. The third-order valence-electron chi connectivity index (χ3n) is 4.95. The van der Waals surface area contributed by atoms with Crippen LogP contribution in [0.25, 0.3) is 0 Å². The van der Waals surface area contributed by atoms with Crippen molar-refractivity contribution in [1.82, 2.24) is 20.0 Å². The van der Waals surface area contributed by atoms with Gasteiger partial charge < -0.3 is 15.0 Å². The Morgan fingerprint density at radius 1 is 1.25 bits per heavy atom. The minimum Gasteiger partial charge on any atom is -0.469 e. The number of hydrogen-bond acceptors (Lipinski definition) is 4. The maximum Gasteiger partial charge on any atom is 0.308 e. The third kappa shape index (κ3) is 5.34. The van der Waals surface area contributed by atoms with Crippen LogP contribution in [0.4, 0.5) is 0 Å².